The molecule has 1 unspecified atom stereocenters. The number of nitrogens with zero attached hydrogens (tertiary/aromatic N) is 3. The van der Waals surface area contributed by atoms with Gasteiger partial charge in [0.1, 0.15) is 11.6 Å². The Kier molecular flexibility index (Phi) is 3.99. The lowest BCUT2D eigenvalue weighted by Gasteiger charge is -2.30. The Balaban J connectivity index is 1.75. The summed E-state index contributed by atoms with van der Waals surface area (Å²) in [4.78, 5) is 11.0. The number of hydrogen-bond acceptors (Lipinski definition) is 4. The Morgan fingerprint density at radius 2 is 2.05 bits per heavy atom. The zero-order valence-electron chi connectivity index (χ0n) is 12.0. The van der Waals surface area contributed by atoms with Crippen LogP contribution in [0.15, 0.2) is 36.5 Å². The van der Waals surface area contributed by atoms with Gasteiger partial charge in [0, 0.05) is 25.4 Å². The third-order valence-corrected chi connectivity index (χ3v) is 3.59. The van der Waals surface area contributed by atoms with E-state index in [9.17, 15) is 4.39 Å². The fourth-order valence-electron chi connectivity index (χ4n) is 2.54. The molecule has 5 heteroatoms. The minimum atomic E-state index is -0.284. The van der Waals surface area contributed by atoms with Gasteiger partial charge in [-0.05, 0) is 43.0 Å². The highest BCUT2D eigenvalue weighted by atomic mass is 19.1. The van der Waals surface area contributed by atoms with Gasteiger partial charge in [0.25, 0.3) is 0 Å². The van der Waals surface area contributed by atoms with Gasteiger partial charge in [-0.15, -0.1) is 0 Å². The van der Waals surface area contributed by atoms with Gasteiger partial charge in [0.2, 0.25) is 11.8 Å². The molecule has 1 atom stereocenters. The molecule has 1 aliphatic rings. The van der Waals surface area contributed by atoms with Crippen LogP contribution >= 0.6 is 0 Å². The van der Waals surface area contributed by atoms with E-state index in [1.54, 1.807) is 24.4 Å². The SMILES string of the molecule is CC1CCCN(c2nccc(Oc3ccc(F)cc3)n2)C1. The Morgan fingerprint density at radius 3 is 2.81 bits per heavy atom. The first-order chi connectivity index (χ1) is 10.2. The molecule has 3 rings (SSSR count). The molecule has 1 aliphatic heterocycles. The normalized spacial score (nSPS) is 18.6. The van der Waals surface area contributed by atoms with E-state index in [0.717, 1.165) is 19.5 Å². The van der Waals surface area contributed by atoms with Crippen LogP contribution in [-0.2, 0) is 0 Å². The minimum absolute atomic E-state index is 0.284. The molecule has 0 N–H and O–H groups in total. The maximum absolute atomic E-state index is 12.9. The van der Waals surface area contributed by atoms with Crippen molar-refractivity contribution >= 4 is 5.95 Å². The van der Waals surface area contributed by atoms with Gasteiger partial charge >= 0.3 is 0 Å². The Labute approximate surface area is 123 Å². The number of anilines is 1. The predicted octanol–water partition coefficient (Wildman–Crippen LogP) is 3.64. The molecule has 1 saturated heterocycles. The quantitative estimate of drug-likeness (QED) is 0.863. The van der Waals surface area contributed by atoms with Gasteiger partial charge in [-0.3, -0.25) is 0 Å². The number of benzene rings is 1. The van der Waals surface area contributed by atoms with Crippen molar-refractivity contribution in [3.63, 3.8) is 0 Å². The van der Waals surface area contributed by atoms with Crippen molar-refractivity contribution in [1.82, 2.24) is 9.97 Å². The molecule has 0 bridgehead atoms. The Hall–Kier alpha value is -2.17. The van der Waals surface area contributed by atoms with E-state index in [-0.39, 0.29) is 5.82 Å². The molecule has 0 radical (unpaired) electrons. The summed E-state index contributed by atoms with van der Waals surface area (Å²) in [6, 6.07) is 7.61. The van der Waals surface area contributed by atoms with E-state index < -0.39 is 0 Å². The average Bonchev–Trinajstić information content (AvgIpc) is 2.50. The number of hydrogen-bond donors (Lipinski definition) is 0. The number of halogens is 1. The van der Waals surface area contributed by atoms with Crippen molar-refractivity contribution in [1.29, 1.82) is 0 Å². The van der Waals surface area contributed by atoms with Crippen molar-refractivity contribution < 1.29 is 9.13 Å². The zero-order chi connectivity index (χ0) is 14.7. The van der Waals surface area contributed by atoms with Crippen LogP contribution in [0.5, 0.6) is 11.6 Å². The topological polar surface area (TPSA) is 38.2 Å². The molecule has 1 fully saturated rings. The first kappa shape index (κ1) is 13.8. The fourth-order valence-corrected chi connectivity index (χ4v) is 2.54. The van der Waals surface area contributed by atoms with Crippen molar-refractivity contribution in [2.24, 2.45) is 5.92 Å². The summed E-state index contributed by atoms with van der Waals surface area (Å²) in [6.07, 6.45) is 4.11. The largest absolute Gasteiger partial charge is 0.439 e. The van der Waals surface area contributed by atoms with E-state index in [1.165, 1.54) is 18.6 Å². The number of rotatable bonds is 3. The molecule has 0 aliphatic carbocycles. The molecule has 110 valence electrons. The molecule has 0 saturated carbocycles. The van der Waals surface area contributed by atoms with Gasteiger partial charge in [0.05, 0.1) is 0 Å². The summed E-state index contributed by atoms with van der Waals surface area (Å²) in [7, 11) is 0. The number of ether oxygens (including phenoxy) is 1. The Morgan fingerprint density at radius 1 is 1.24 bits per heavy atom. The average molecular weight is 287 g/mol. The first-order valence-corrected chi connectivity index (χ1v) is 7.22. The van der Waals surface area contributed by atoms with E-state index >= 15 is 0 Å². The molecular formula is C16H18FN3O. The van der Waals surface area contributed by atoms with Crippen LogP contribution in [0.4, 0.5) is 10.3 Å². The third-order valence-electron chi connectivity index (χ3n) is 3.59. The molecule has 2 heterocycles. The van der Waals surface area contributed by atoms with E-state index in [1.807, 2.05) is 0 Å². The van der Waals surface area contributed by atoms with Crippen molar-refractivity contribution in [2.45, 2.75) is 19.8 Å². The standard InChI is InChI=1S/C16H18FN3O/c1-12-3-2-10-20(11-12)16-18-9-8-15(19-16)21-14-6-4-13(17)5-7-14/h4-9,12H,2-3,10-11H2,1H3. The van der Waals surface area contributed by atoms with Crippen LogP contribution in [0.3, 0.4) is 0 Å². The molecule has 0 spiro atoms. The third kappa shape index (κ3) is 3.48. The molecule has 2 aromatic rings. The van der Waals surface area contributed by atoms with E-state index in [2.05, 4.69) is 21.8 Å². The van der Waals surface area contributed by atoms with E-state index in [0.29, 0.717) is 23.5 Å². The minimum Gasteiger partial charge on any atom is -0.439 e. The maximum Gasteiger partial charge on any atom is 0.228 e. The van der Waals surface area contributed by atoms with Crippen LogP contribution in [0, 0.1) is 11.7 Å². The van der Waals surface area contributed by atoms with Crippen molar-refractivity contribution in [3.05, 3.63) is 42.3 Å². The summed E-state index contributed by atoms with van der Waals surface area (Å²) >= 11 is 0. The van der Waals surface area contributed by atoms with Crippen molar-refractivity contribution in [3.8, 4) is 11.6 Å². The van der Waals surface area contributed by atoms with Crippen LogP contribution in [0.25, 0.3) is 0 Å². The lowest BCUT2D eigenvalue weighted by molar-refractivity contribution is 0.433. The monoisotopic (exact) mass is 287 g/mol. The highest BCUT2D eigenvalue weighted by Crippen LogP contribution is 2.23. The second kappa shape index (κ2) is 6.08. The molecule has 1 aromatic carbocycles. The smallest absolute Gasteiger partial charge is 0.228 e. The van der Waals surface area contributed by atoms with Crippen LogP contribution in [-0.4, -0.2) is 23.1 Å². The van der Waals surface area contributed by atoms with Crippen LogP contribution in [0.2, 0.25) is 0 Å². The van der Waals surface area contributed by atoms with Crippen molar-refractivity contribution in [2.75, 3.05) is 18.0 Å². The number of aromatic nitrogens is 2. The van der Waals surface area contributed by atoms with Gasteiger partial charge in [-0.2, -0.15) is 4.98 Å². The number of piperidine rings is 1. The summed E-state index contributed by atoms with van der Waals surface area (Å²) in [5.41, 5.74) is 0. The van der Waals surface area contributed by atoms with Gasteiger partial charge in [-0.25, -0.2) is 9.37 Å². The highest BCUT2D eigenvalue weighted by molar-refractivity contribution is 5.34. The Bertz CT molecular complexity index is 603. The summed E-state index contributed by atoms with van der Waals surface area (Å²) in [5, 5.41) is 0. The van der Waals surface area contributed by atoms with Gasteiger partial charge < -0.3 is 9.64 Å². The van der Waals surface area contributed by atoms with Gasteiger partial charge in [-0.1, -0.05) is 6.92 Å². The lowest BCUT2D eigenvalue weighted by atomic mass is 10.0. The van der Waals surface area contributed by atoms with Crippen LogP contribution in [0.1, 0.15) is 19.8 Å². The fraction of sp³-hybridized carbons (Fsp3) is 0.375. The highest BCUT2D eigenvalue weighted by Gasteiger charge is 2.18. The van der Waals surface area contributed by atoms with E-state index in [4.69, 9.17) is 4.74 Å². The summed E-state index contributed by atoms with van der Waals surface area (Å²) in [6.45, 7) is 4.19. The molecular weight excluding hydrogens is 269 g/mol. The lowest BCUT2D eigenvalue weighted by Crippen LogP contribution is -2.35. The summed E-state index contributed by atoms with van der Waals surface area (Å²) in [5.74, 6) is 2.11. The summed E-state index contributed by atoms with van der Waals surface area (Å²) < 4.78 is 18.5. The second-order valence-electron chi connectivity index (χ2n) is 5.44. The van der Waals surface area contributed by atoms with Crippen LogP contribution < -0.4 is 9.64 Å². The second-order valence-corrected chi connectivity index (χ2v) is 5.44. The predicted molar refractivity (Wildman–Crippen MR) is 79.1 cm³/mol. The van der Waals surface area contributed by atoms with Gasteiger partial charge in [0.15, 0.2) is 0 Å². The zero-order valence-corrected chi connectivity index (χ0v) is 12.0. The molecule has 4 nitrogen and oxygen atoms in total. The molecule has 21 heavy (non-hydrogen) atoms. The molecule has 1 aromatic heterocycles. The first-order valence-electron chi connectivity index (χ1n) is 7.22. The molecule has 0 amide bonds. The maximum atomic E-state index is 12.9.